The van der Waals surface area contributed by atoms with Gasteiger partial charge >= 0.3 is 5.97 Å². The topological polar surface area (TPSA) is 75.7 Å². The zero-order valence-corrected chi connectivity index (χ0v) is 16.3. The molecule has 6 nitrogen and oxygen atoms in total. The molecule has 0 radical (unpaired) electrons. The van der Waals surface area contributed by atoms with E-state index in [1.807, 2.05) is 61.5 Å². The molecule has 0 saturated heterocycles. The van der Waals surface area contributed by atoms with Crippen LogP contribution in [0.3, 0.4) is 0 Å². The second-order valence-electron chi connectivity index (χ2n) is 6.26. The Morgan fingerprint density at radius 2 is 1.57 bits per heavy atom. The largest absolute Gasteiger partial charge is 0.455 e. The van der Waals surface area contributed by atoms with Crippen LogP contribution in [-0.2, 0) is 25.5 Å². The van der Waals surface area contributed by atoms with Crippen LogP contribution in [0.15, 0.2) is 54.6 Å². The number of nitrogens with one attached hydrogen (secondary N) is 1. The van der Waals surface area contributed by atoms with Crippen molar-refractivity contribution in [2.75, 3.05) is 26.2 Å². The van der Waals surface area contributed by atoms with E-state index in [1.165, 1.54) is 4.90 Å². The van der Waals surface area contributed by atoms with Crippen LogP contribution in [0.25, 0.3) is 11.1 Å². The number of likely N-dealkylation sites (N-methyl/N-ethyl adjacent to an activating group) is 2. The molecular weight excluding hydrogens is 356 g/mol. The van der Waals surface area contributed by atoms with E-state index < -0.39 is 5.97 Å². The van der Waals surface area contributed by atoms with Gasteiger partial charge in [0.05, 0.1) is 13.0 Å². The fraction of sp³-hybridized carbons (Fsp3) is 0.318. The van der Waals surface area contributed by atoms with Gasteiger partial charge in [0, 0.05) is 13.1 Å². The monoisotopic (exact) mass is 382 g/mol. The Morgan fingerprint density at radius 3 is 2.18 bits per heavy atom. The quantitative estimate of drug-likeness (QED) is 0.676. The number of esters is 1. The van der Waals surface area contributed by atoms with Crippen LogP contribution in [0.4, 0.5) is 0 Å². The van der Waals surface area contributed by atoms with Gasteiger partial charge in [0.25, 0.3) is 5.91 Å². The first-order valence-corrected chi connectivity index (χ1v) is 9.38. The minimum absolute atomic E-state index is 0.0400. The van der Waals surface area contributed by atoms with Crippen LogP contribution >= 0.6 is 0 Å². The molecule has 28 heavy (non-hydrogen) atoms. The SMILES string of the molecule is CCNC(=O)CN(CC)C(=O)COC(=O)Cc1ccc(-c2ccccc2)cc1. The predicted molar refractivity (Wildman–Crippen MR) is 107 cm³/mol. The van der Waals surface area contributed by atoms with Gasteiger partial charge in [-0.2, -0.15) is 0 Å². The van der Waals surface area contributed by atoms with Gasteiger partial charge in [0.15, 0.2) is 6.61 Å². The van der Waals surface area contributed by atoms with E-state index in [1.54, 1.807) is 6.92 Å². The molecule has 6 heteroatoms. The molecule has 2 amide bonds. The number of carbonyl (C=O) groups excluding carboxylic acids is 3. The van der Waals surface area contributed by atoms with Gasteiger partial charge in [-0.15, -0.1) is 0 Å². The number of hydrogen-bond acceptors (Lipinski definition) is 4. The summed E-state index contributed by atoms with van der Waals surface area (Å²) in [6.07, 6.45) is 0.0881. The molecule has 0 heterocycles. The maximum absolute atomic E-state index is 12.1. The molecular formula is C22H26N2O4. The van der Waals surface area contributed by atoms with Crippen molar-refractivity contribution in [3.8, 4) is 11.1 Å². The number of nitrogens with zero attached hydrogens (tertiary/aromatic N) is 1. The summed E-state index contributed by atoms with van der Waals surface area (Å²) >= 11 is 0. The Labute approximate surface area is 165 Å². The molecule has 0 aliphatic rings. The average molecular weight is 382 g/mol. The van der Waals surface area contributed by atoms with E-state index >= 15 is 0 Å². The lowest BCUT2D eigenvalue weighted by molar-refractivity contribution is -0.152. The van der Waals surface area contributed by atoms with Gasteiger partial charge in [0.2, 0.25) is 5.91 Å². The smallest absolute Gasteiger partial charge is 0.310 e. The van der Waals surface area contributed by atoms with Gasteiger partial charge in [-0.1, -0.05) is 54.6 Å². The minimum atomic E-state index is -0.477. The molecule has 2 aromatic carbocycles. The van der Waals surface area contributed by atoms with Crippen molar-refractivity contribution in [2.45, 2.75) is 20.3 Å². The first-order chi connectivity index (χ1) is 13.5. The normalized spacial score (nSPS) is 10.2. The Kier molecular flexibility index (Phi) is 8.21. The summed E-state index contributed by atoms with van der Waals surface area (Å²) in [5, 5.41) is 2.64. The summed E-state index contributed by atoms with van der Waals surface area (Å²) in [7, 11) is 0. The lowest BCUT2D eigenvalue weighted by Gasteiger charge is -2.20. The average Bonchev–Trinajstić information content (AvgIpc) is 2.71. The van der Waals surface area contributed by atoms with E-state index in [0.717, 1.165) is 16.7 Å². The van der Waals surface area contributed by atoms with Crippen molar-refractivity contribution < 1.29 is 19.1 Å². The molecule has 0 aliphatic heterocycles. The molecule has 2 aromatic rings. The minimum Gasteiger partial charge on any atom is -0.455 e. The van der Waals surface area contributed by atoms with Gasteiger partial charge in [-0.25, -0.2) is 0 Å². The van der Waals surface area contributed by atoms with Crippen LogP contribution in [0.5, 0.6) is 0 Å². The van der Waals surface area contributed by atoms with Crippen molar-refractivity contribution >= 4 is 17.8 Å². The molecule has 0 spiro atoms. The summed E-state index contributed by atoms with van der Waals surface area (Å²) in [4.78, 5) is 37.1. The number of rotatable bonds is 9. The Hall–Kier alpha value is -3.15. The third-order valence-corrected chi connectivity index (χ3v) is 4.21. The molecule has 148 valence electrons. The first-order valence-electron chi connectivity index (χ1n) is 9.38. The molecule has 0 bridgehead atoms. The van der Waals surface area contributed by atoms with Crippen LogP contribution in [0.1, 0.15) is 19.4 Å². The highest BCUT2D eigenvalue weighted by molar-refractivity contribution is 5.86. The summed E-state index contributed by atoms with van der Waals surface area (Å²) in [6, 6.07) is 17.6. The van der Waals surface area contributed by atoms with Crippen molar-refractivity contribution in [3.63, 3.8) is 0 Å². The number of benzene rings is 2. The van der Waals surface area contributed by atoms with Crippen molar-refractivity contribution in [3.05, 3.63) is 60.2 Å². The Bertz CT molecular complexity index is 788. The summed E-state index contributed by atoms with van der Waals surface area (Å²) in [5.74, 6) is -1.10. The summed E-state index contributed by atoms with van der Waals surface area (Å²) < 4.78 is 5.09. The number of amides is 2. The number of carbonyl (C=O) groups is 3. The first kappa shape index (κ1) is 21.2. The van der Waals surface area contributed by atoms with Gasteiger partial charge < -0.3 is 15.0 Å². The van der Waals surface area contributed by atoms with Crippen LogP contribution < -0.4 is 5.32 Å². The van der Waals surface area contributed by atoms with Crippen LogP contribution in [-0.4, -0.2) is 48.9 Å². The van der Waals surface area contributed by atoms with Gasteiger partial charge in [-0.05, 0) is 30.5 Å². The molecule has 0 aromatic heterocycles. The van der Waals surface area contributed by atoms with Crippen molar-refractivity contribution in [2.24, 2.45) is 0 Å². The highest BCUT2D eigenvalue weighted by Crippen LogP contribution is 2.19. The van der Waals surface area contributed by atoms with Crippen molar-refractivity contribution in [1.29, 1.82) is 0 Å². The molecule has 0 saturated carbocycles. The van der Waals surface area contributed by atoms with E-state index in [4.69, 9.17) is 4.74 Å². The second kappa shape index (κ2) is 10.9. The van der Waals surface area contributed by atoms with E-state index in [2.05, 4.69) is 5.32 Å². The third-order valence-electron chi connectivity index (χ3n) is 4.21. The van der Waals surface area contributed by atoms with E-state index in [-0.39, 0.29) is 31.4 Å². The van der Waals surface area contributed by atoms with Crippen LogP contribution in [0.2, 0.25) is 0 Å². The maximum Gasteiger partial charge on any atom is 0.310 e. The standard InChI is InChI=1S/C22H26N2O4/c1-3-23-20(25)15-24(4-2)21(26)16-28-22(27)14-17-10-12-19(13-11-17)18-8-6-5-7-9-18/h5-13H,3-4,14-16H2,1-2H3,(H,23,25). The Balaban J connectivity index is 1.83. The third kappa shape index (κ3) is 6.54. The van der Waals surface area contributed by atoms with Crippen molar-refractivity contribution in [1.82, 2.24) is 10.2 Å². The van der Waals surface area contributed by atoms with E-state index in [0.29, 0.717) is 13.1 Å². The lowest BCUT2D eigenvalue weighted by Crippen LogP contribution is -2.42. The zero-order chi connectivity index (χ0) is 20.4. The Morgan fingerprint density at radius 1 is 0.929 bits per heavy atom. The predicted octanol–water partition coefficient (Wildman–Crippen LogP) is 2.42. The molecule has 1 N–H and O–H groups in total. The molecule has 0 fully saturated rings. The molecule has 0 aliphatic carbocycles. The molecule has 0 atom stereocenters. The summed E-state index contributed by atoms with van der Waals surface area (Å²) in [5.41, 5.74) is 2.98. The number of hydrogen-bond donors (Lipinski definition) is 1. The second-order valence-corrected chi connectivity index (χ2v) is 6.26. The van der Waals surface area contributed by atoms with Crippen LogP contribution in [0, 0.1) is 0 Å². The van der Waals surface area contributed by atoms with Gasteiger partial charge in [0.1, 0.15) is 0 Å². The molecule has 2 rings (SSSR count). The maximum atomic E-state index is 12.1. The zero-order valence-electron chi connectivity index (χ0n) is 16.3. The van der Waals surface area contributed by atoms with E-state index in [9.17, 15) is 14.4 Å². The van der Waals surface area contributed by atoms with Gasteiger partial charge in [-0.3, -0.25) is 14.4 Å². The fourth-order valence-corrected chi connectivity index (χ4v) is 2.70. The fourth-order valence-electron chi connectivity index (χ4n) is 2.70. The summed E-state index contributed by atoms with van der Waals surface area (Å²) in [6.45, 7) is 4.05. The number of ether oxygens (including phenoxy) is 1. The highest BCUT2D eigenvalue weighted by Gasteiger charge is 2.17. The highest BCUT2D eigenvalue weighted by atomic mass is 16.5. The lowest BCUT2D eigenvalue weighted by atomic mass is 10.0. The molecule has 0 unspecified atom stereocenters.